The summed E-state index contributed by atoms with van der Waals surface area (Å²) in [5.41, 5.74) is 0.226. The van der Waals surface area contributed by atoms with Crippen LogP contribution in [0.4, 0.5) is 4.39 Å². The van der Waals surface area contributed by atoms with Gasteiger partial charge in [-0.15, -0.1) is 0 Å². The monoisotopic (exact) mass is 262 g/mol. The first-order valence-electron chi connectivity index (χ1n) is 6.59. The fourth-order valence-corrected chi connectivity index (χ4v) is 2.69. The molecular formula is C16H19FO2. The van der Waals surface area contributed by atoms with Gasteiger partial charge in [0.25, 0.3) is 0 Å². The summed E-state index contributed by atoms with van der Waals surface area (Å²) in [4.78, 5) is 12.1. The van der Waals surface area contributed by atoms with Gasteiger partial charge in [0.1, 0.15) is 11.4 Å². The van der Waals surface area contributed by atoms with E-state index >= 15 is 0 Å². The molecular weight excluding hydrogens is 243 g/mol. The Hall–Kier alpha value is -1.64. The molecule has 0 N–H and O–H groups in total. The minimum Gasteiger partial charge on any atom is -0.456 e. The molecule has 102 valence electrons. The third-order valence-electron chi connectivity index (χ3n) is 3.73. The molecule has 1 aliphatic carbocycles. The SMILES string of the molecule is C=Cc1ccc(F)c(C(=O)OC2(C)CCC(C)C2)c1. The summed E-state index contributed by atoms with van der Waals surface area (Å²) < 4.78 is 19.2. The van der Waals surface area contributed by atoms with Crippen molar-refractivity contribution in [2.45, 2.75) is 38.7 Å². The van der Waals surface area contributed by atoms with Crippen molar-refractivity contribution in [2.75, 3.05) is 0 Å². The fraction of sp³-hybridized carbons (Fsp3) is 0.438. The number of carbonyl (C=O) groups excluding carboxylic acids is 1. The van der Waals surface area contributed by atoms with Crippen LogP contribution in [0.3, 0.4) is 0 Å². The maximum atomic E-state index is 13.7. The summed E-state index contributed by atoms with van der Waals surface area (Å²) in [7, 11) is 0. The lowest BCUT2D eigenvalue weighted by molar-refractivity contribution is -0.00798. The molecule has 0 spiro atoms. The Morgan fingerprint density at radius 1 is 1.58 bits per heavy atom. The molecule has 1 saturated carbocycles. The van der Waals surface area contributed by atoms with Crippen molar-refractivity contribution in [1.82, 2.24) is 0 Å². The van der Waals surface area contributed by atoms with Crippen molar-refractivity contribution in [2.24, 2.45) is 5.92 Å². The van der Waals surface area contributed by atoms with Crippen LogP contribution in [0.1, 0.15) is 49.0 Å². The first-order valence-corrected chi connectivity index (χ1v) is 6.59. The molecule has 0 amide bonds. The van der Waals surface area contributed by atoms with Gasteiger partial charge in [-0.05, 0) is 49.8 Å². The smallest absolute Gasteiger partial charge is 0.341 e. The van der Waals surface area contributed by atoms with Crippen molar-refractivity contribution < 1.29 is 13.9 Å². The molecule has 1 aromatic rings. The van der Waals surface area contributed by atoms with E-state index in [2.05, 4.69) is 13.5 Å². The second-order valence-corrected chi connectivity index (χ2v) is 5.63. The van der Waals surface area contributed by atoms with Crippen LogP contribution >= 0.6 is 0 Å². The second-order valence-electron chi connectivity index (χ2n) is 5.63. The van der Waals surface area contributed by atoms with Crippen LogP contribution in [0.25, 0.3) is 6.08 Å². The summed E-state index contributed by atoms with van der Waals surface area (Å²) in [5.74, 6) is -0.592. The van der Waals surface area contributed by atoms with Crippen LogP contribution in [0, 0.1) is 11.7 Å². The van der Waals surface area contributed by atoms with Crippen molar-refractivity contribution in [1.29, 1.82) is 0 Å². The molecule has 3 heteroatoms. The predicted molar refractivity (Wildman–Crippen MR) is 73.3 cm³/mol. The summed E-state index contributed by atoms with van der Waals surface area (Å²) in [5, 5.41) is 0. The highest BCUT2D eigenvalue weighted by molar-refractivity contribution is 5.90. The molecule has 2 unspecified atom stereocenters. The number of benzene rings is 1. The molecule has 0 bridgehead atoms. The van der Waals surface area contributed by atoms with Crippen LogP contribution in [0.2, 0.25) is 0 Å². The van der Waals surface area contributed by atoms with Gasteiger partial charge in [0.15, 0.2) is 0 Å². The van der Waals surface area contributed by atoms with E-state index in [4.69, 9.17) is 4.74 Å². The average Bonchev–Trinajstić information content (AvgIpc) is 2.69. The van der Waals surface area contributed by atoms with Gasteiger partial charge in [-0.3, -0.25) is 0 Å². The summed E-state index contributed by atoms with van der Waals surface area (Å²) in [6, 6.07) is 4.33. The molecule has 2 nitrogen and oxygen atoms in total. The quantitative estimate of drug-likeness (QED) is 0.763. The number of esters is 1. The molecule has 1 aromatic carbocycles. The van der Waals surface area contributed by atoms with E-state index in [9.17, 15) is 9.18 Å². The zero-order valence-corrected chi connectivity index (χ0v) is 11.4. The van der Waals surface area contributed by atoms with Crippen molar-refractivity contribution in [3.63, 3.8) is 0 Å². The Morgan fingerprint density at radius 2 is 2.32 bits per heavy atom. The van der Waals surface area contributed by atoms with E-state index in [0.29, 0.717) is 11.5 Å². The molecule has 1 aliphatic rings. The second kappa shape index (κ2) is 5.16. The Labute approximate surface area is 113 Å². The van der Waals surface area contributed by atoms with Crippen molar-refractivity contribution in [3.05, 3.63) is 41.7 Å². The normalized spacial score (nSPS) is 26.2. The first kappa shape index (κ1) is 13.8. The van der Waals surface area contributed by atoms with E-state index in [1.807, 2.05) is 6.92 Å². The van der Waals surface area contributed by atoms with Gasteiger partial charge in [0.2, 0.25) is 0 Å². The standard InChI is InChI=1S/C16H19FO2/c1-4-12-5-6-14(17)13(9-12)15(18)19-16(3)8-7-11(2)10-16/h4-6,9,11H,1,7-8,10H2,2-3H3. The van der Waals surface area contributed by atoms with Gasteiger partial charge < -0.3 is 4.74 Å². The zero-order valence-electron chi connectivity index (χ0n) is 11.4. The molecule has 1 fully saturated rings. The summed E-state index contributed by atoms with van der Waals surface area (Å²) >= 11 is 0. The Bertz CT molecular complexity index is 509. The Morgan fingerprint density at radius 3 is 2.89 bits per heavy atom. The third-order valence-corrected chi connectivity index (χ3v) is 3.73. The third kappa shape index (κ3) is 3.03. The zero-order chi connectivity index (χ0) is 14.0. The predicted octanol–water partition coefficient (Wildman–Crippen LogP) is 4.20. The maximum absolute atomic E-state index is 13.7. The van der Waals surface area contributed by atoms with Crippen LogP contribution < -0.4 is 0 Å². The van der Waals surface area contributed by atoms with E-state index in [1.165, 1.54) is 12.1 Å². The van der Waals surface area contributed by atoms with E-state index < -0.39 is 17.4 Å². The van der Waals surface area contributed by atoms with Crippen LogP contribution in [-0.2, 0) is 4.74 Å². The molecule has 0 heterocycles. The lowest BCUT2D eigenvalue weighted by Gasteiger charge is -2.24. The highest BCUT2D eigenvalue weighted by atomic mass is 19.1. The highest BCUT2D eigenvalue weighted by Crippen LogP contribution is 2.37. The number of hydrogen-bond donors (Lipinski definition) is 0. The van der Waals surface area contributed by atoms with Gasteiger partial charge in [0.05, 0.1) is 5.56 Å². The van der Waals surface area contributed by atoms with Crippen molar-refractivity contribution in [3.8, 4) is 0 Å². The topological polar surface area (TPSA) is 26.3 Å². The Kier molecular flexibility index (Phi) is 3.74. The van der Waals surface area contributed by atoms with Gasteiger partial charge in [-0.1, -0.05) is 25.6 Å². The summed E-state index contributed by atoms with van der Waals surface area (Å²) in [6.45, 7) is 7.67. The van der Waals surface area contributed by atoms with E-state index in [1.54, 1.807) is 12.1 Å². The van der Waals surface area contributed by atoms with Gasteiger partial charge >= 0.3 is 5.97 Å². The minimum atomic E-state index is -0.585. The van der Waals surface area contributed by atoms with E-state index in [-0.39, 0.29) is 5.56 Å². The van der Waals surface area contributed by atoms with Gasteiger partial charge in [0, 0.05) is 0 Å². The number of ether oxygens (including phenoxy) is 1. The number of halogens is 1. The Balaban J connectivity index is 2.18. The van der Waals surface area contributed by atoms with Gasteiger partial charge in [-0.25, -0.2) is 9.18 Å². The first-order chi connectivity index (χ1) is 8.93. The highest BCUT2D eigenvalue weighted by Gasteiger charge is 2.37. The molecule has 0 radical (unpaired) electrons. The van der Waals surface area contributed by atoms with Crippen LogP contribution in [-0.4, -0.2) is 11.6 Å². The lowest BCUT2D eigenvalue weighted by Crippen LogP contribution is -2.29. The van der Waals surface area contributed by atoms with Crippen molar-refractivity contribution >= 4 is 12.0 Å². The number of hydrogen-bond acceptors (Lipinski definition) is 2. The molecule has 19 heavy (non-hydrogen) atoms. The number of rotatable bonds is 3. The molecule has 2 rings (SSSR count). The number of carbonyl (C=O) groups is 1. The minimum absolute atomic E-state index is 0.0156. The van der Waals surface area contributed by atoms with Crippen LogP contribution in [0.15, 0.2) is 24.8 Å². The lowest BCUT2D eigenvalue weighted by atomic mass is 10.0. The van der Waals surface area contributed by atoms with E-state index in [0.717, 1.165) is 19.3 Å². The summed E-state index contributed by atoms with van der Waals surface area (Å²) in [6.07, 6.45) is 4.29. The van der Waals surface area contributed by atoms with Gasteiger partial charge in [-0.2, -0.15) is 0 Å². The fourth-order valence-electron chi connectivity index (χ4n) is 2.69. The average molecular weight is 262 g/mol. The maximum Gasteiger partial charge on any atom is 0.341 e. The molecule has 0 aliphatic heterocycles. The molecule has 2 atom stereocenters. The largest absolute Gasteiger partial charge is 0.456 e. The molecule has 0 saturated heterocycles. The van der Waals surface area contributed by atoms with Crippen LogP contribution in [0.5, 0.6) is 0 Å². The molecule has 0 aromatic heterocycles.